The number of carbonyl (C=O) groups is 1. The van der Waals surface area contributed by atoms with Gasteiger partial charge in [-0.25, -0.2) is 13.1 Å². The molecule has 0 spiro atoms. The van der Waals surface area contributed by atoms with Crippen LogP contribution in [0, 0.1) is 19.8 Å². The molecule has 0 saturated carbocycles. The molecule has 1 heterocycles. The van der Waals surface area contributed by atoms with Gasteiger partial charge in [0.2, 0.25) is 15.9 Å². The molecule has 6 nitrogen and oxygen atoms in total. The minimum atomic E-state index is -3.66. The van der Waals surface area contributed by atoms with Crippen molar-refractivity contribution in [1.29, 1.82) is 0 Å². The van der Waals surface area contributed by atoms with Crippen LogP contribution in [0.5, 0.6) is 5.75 Å². The van der Waals surface area contributed by atoms with E-state index in [4.69, 9.17) is 4.74 Å². The number of aryl methyl sites for hydroxylation is 2. The van der Waals surface area contributed by atoms with Crippen molar-refractivity contribution in [2.45, 2.75) is 25.2 Å². The Bertz CT molecular complexity index is 942. The van der Waals surface area contributed by atoms with E-state index in [-0.39, 0.29) is 23.3 Å². The molecule has 0 radical (unpaired) electrons. The summed E-state index contributed by atoms with van der Waals surface area (Å²) in [5, 5.41) is 0. The second kappa shape index (κ2) is 7.70. The highest BCUT2D eigenvalue weighted by Gasteiger charge is 2.31. The van der Waals surface area contributed by atoms with Crippen LogP contribution < -0.4 is 14.4 Å². The summed E-state index contributed by atoms with van der Waals surface area (Å²) in [5.41, 5.74) is 2.22. The molecule has 2 aromatic rings. The quantitative estimate of drug-likeness (QED) is 0.825. The van der Waals surface area contributed by atoms with E-state index in [9.17, 15) is 13.2 Å². The number of hydrogen-bond acceptors (Lipinski definition) is 4. The summed E-state index contributed by atoms with van der Waals surface area (Å²) >= 11 is 0. The number of rotatable bonds is 6. The minimum Gasteiger partial charge on any atom is -0.496 e. The van der Waals surface area contributed by atoms with Gasteiger partial charge in [0.05, 0.1) is 12.0 Å². The molecule has 1 aliphatic rings. The maximum absolute atomic E-state index is 12.7. The number of para-hydroxylation sites is 1. The third-order valence-corrected chi connectivity index (χ3v) is 6.38. The van der Waals surface area contributed by atoms with Gasteiger partial charge in [-0.3, -0.25) is 4.79 Å². The molecule has 2 aromatic carbocycles. The molecule has 3 rings (SSSR count). The molecule has 1 saturated heterocycles. The van der Waals surface area contributed by atoms with Gasteiger partial charge in [-0.15, -0.1) is 0 Å². The predicted molar refractivity (Wildman–Crippen MR) is 105 cm³/mol. The van der Waals surface area contributed by atoms with Gasteiger partial charge >= 0.3 is 0 Å². The van der Waals surface area contributed by atoms with E-state index < -0.39 is 10.0 Å². The summed E-state index contributed by atoms with van der Waals surface area (Å²) in [6.07, 6.45) is 0.331. The molecule has 1 aliphatic heterocycles. The largest absolute Gasteiger partial charge is 0.496 e. The molecule has 1 N–H and O–H groups in total. The molecular weight excluding hydrogens is 364 g/mol. The maximum atomic E-state index is 12.7. The summed E-state index contributed by atoms with van der Waals surface area (Å²) in [5.74, 6) is 0.611. The Morgan fingerprint density at radius 2 is 1.85 bits per heavy atom. The van der Waals surface area contributed by atoms with Gasteiger partial charge in [0.1, 0.15) is 5.75 Å². The molecule has 7 heteroatoms. The molecule has 1 fully saturated rings. The Labute approximate surface area is 160 Å². The van der Waals surface area contributed by atoms with E-state index >= 15 is 0 Å². The number of methoxy groups -OCH3 is 1. The lowest BCUT2D eigenvalue weighted by atomic mass is 10.1. The van der Waals surface area contributed by atoms with Crippen LogP contribution in [0.4, 0.5) is 5.69 Å². The highest BCUT2D eigenvalue weighted by Crippen LogP contribution is 2.27. The number of ether oxygens (including phenoxy) is 1. The van der Waals surface area contributed by atoms with E-state index in [0.29, 0.717) is 24.3 Å². The average Bonchev–Trinajstić information content (AvgIpc) is 3.03. The van der Waals surface area contributed by atoms with Crippen LogP contribution in [0.15, 0.2) is 47.4 Å². The van der Waals surface area contributed by atoms with Crippen LogP contribution in [0.1, 0.15) is 17.5 Å². The number of hydrogen-bond donors (Lipinski definition) is 1. The van der Waals surface area contributed by atoms with Gasteiger partial charge in [0.25, 0.3) is 0 Å². The molecule has 144 valence electrons. The molecule has 0 aromatic heterocycles. The van der Waals surface area contributed by atoms with Gasteiger partial charge in [0.15, 0.2) is 0 Å². The van der Waals surface area contributed by atoms with Crippen molar-refractivity contribution in [3.63, 3.8) is 0 Å². The first-order valence-electron chi connectivity index (χ1n) is 8.82. The highest BCUT2D eigenvalue weighted by molar-refractivity contribution is 7.89. The van der Waals surface area contributed by atoms with Crippen LogP contribution >= 0.6 is 0 Å². The average molecular weight is 388 g/mol. The first-order chi connectivity index (χ1) is 12.8. The lowest BCUT2D eigenvalue weighted by Crippen LogP contribution is -2.31. The molecule has 0 aliphatic carbocycles. The summed E-state index contributed by atoms with van der Waals surface area (Å²) in [4.78, 5) is 14.2. The Kier molecular flexibility index (Phi) is 5.53. The van der Waals surface area contributed by atoms with Crippen molar-refractivity contribution in [3.8, 4) is 5.75 Å². The third-order valence-electron chi connectivity index (χ3n) is 4.82. The van der Waals surface area contributed by atoms with Crippen molar-refractivity contribution >= 4 is 21.6 Å². The van der Waals surface area contributed by atoms with Crippen molar-refractivity contribution in [2.24, 2.45) is 5.92 Å². The lowest BCUT2D eigenvalue weighted by molar-refractivity contribution is -0.117. The zero-order chi connectivity index (χ0) is 19.6. The number of carbonyl (C=O) groups excluding carboxylic acids is 1. The second-order valence-electron chi connectivity index (χ2n) is 6.85. The van der Waals surface area contributed by atoms with Gasteiger partial charge in [0, 0.05) is 25.2 Å². The number of nitrogens with zero attached hydrogens (tertiary/aromatic N) is 1. The van der Waals surface area contributed by atoms with Gasteiger partial charge in [-0.1, -0.05) is 18.2 Å². The standard InChI is InChI=1S/C20H24N2O4S/c1-14-10-19(15(2)9-18(14)26-3)27(24,25)21-12-16-11-20(23)22(13-16)17-7-5-4-6-8-17/h4-10,16,21H,11-13H2,1-3H3. The number of nitrogens with one attached hydrogen (secondary N) is 1. The van der Waals surface area contributed by atoms with Crippen LogP contribution in [-0.2, 0) is 14.8 Å². The Balaban J connectivity index is 1.70. The second-order valence-corrected chi connectivity index (χ2v) is 8.58. The first kappa shape index (κ1) is 19.4. The zero-order valence-corrected chi connectivity index (χ0v) is 16.5. The fourth-order valence-electron chi connectivity index (χ4n) is 3.35. The van der Waals surface area contributed by atoms with Crippen molar-refractivity contribution in [1.82, 2.24) is 4.72 Å². The number of sulfonamides is 1. The van der Waals surface area contributed by atoms with Gasteiger partial charge in [-0.2, -0.15) is 0 Å². The summed E-state index contributed by atoms with van der Waals surface area (Å²) in [6.45, 7) is 4.28. The molecule has 1 atom stereocenters. The van der Waals surface area contributed by atoms with E-state index in [0.717, 1.165) is 11.3 Å². The summed E-state index contributed by atoms with van der Waals surface area (Å²) in [7, 11) is -2.10. The fourth-order valence-corrected chi connectivity index (χ4v) is 4.78. The van der Waals surface area contributed by atoms with Gasteiger partial charge in [-0.05, 0) is 55.2 Å². The van der Waals surface area contributed by atoms with E-state index in [1.165, 1.54) is 0 Å². The Morgan fingerprint density at radius 1 is 1.15 bits per heavy atom. The lowest BCUT2D eigenvalue weighted by Gasteiger charge is -2.17. The number of anilines is 1. The van der Waals surface area contributed by atoms with E-state index in [1.807, 2.05) is 37.3 Å². The molecule has 1 unspecified atom stereocenters. The van der Waals surface area contributed by atoms with Crippen molar-refractivity contribution in [2.75, 3.05) is 25.1 Å². The van der Waals surface area contributed by atoms with Crippen molar-refractivity contribution < 1.29 is 17.9 Å². The predicted octanol–water partition coefficient (Wildman–Crippen LogP) is 2.64. The molecular formula is C20H24N2O4S. The summed E-state index contributed by atoms with van der Waals surface area (Å²) in [6, 6.07) is 12.8. The number of benzene rings is 2. The zero-order valence-electron chi connectivity index (χ0n) is 15.7. The smallest absolute Gasteiger partial charge is 0.240 e. The Morgan fingerprint density at radius 3 is 2.52 bits per heavy atom. The van der Waals surface area contributed by atoms with Crippen molar-refractivity contribution in [3.05, 3.63) is 53.6 Å². The fraction of sp³-hybridized carbons (Fsp3) is 0.350. The summed E-state index contributed by atoms with van der Waals surface area (Å²) < 4.78 is 33.4. The van der Waals surface area contributed by atoms with E-state index in [1.54, 1.807) is 31.1 Å². The monoisotopic (exact) mass is 388 g/mol. The first-order valence-corrected chi connectivity index (χ1v) is 10.3. The van der Waals surface area contributed by atoms with E-state index in [2.05, 4.69) is 4.72 Å². The Hall–Kier alpha value is -2.38. The highest BCUT2D eigenvalue weighted by atomic mass is 32.2. The normalized spacial score (nSPS) is 17.4. The molecule has 1 amide bonds. The van der Waals surface area contributed by atoms with Crippen LogP contribution in [0.25, 0.3) is 0 Å². The van der Waals surface area contributed by atoms with Crippen LogP contribution in [0.3, 0.4) is 0 Å². The third kappa shape index (κ3) is 4.14. The van der Waals surface area contributed by atoms with Crippen LogP contribution in [-0.4, -0.2) is 34.5 Å². The molecule has 0 bridgehead atoms. The number of amides is 1. The topological polar surface area (TPSA) is 75.7 Å². The maximum Gasteiger partial charge on any atom is 0.240 e. The molecule has 27 heavy (non-hydrogen) atoms. The van der Waals surface area contributed by atoms with Crippen LogP contribution in [0.2, 0.25) is 0 Å². The SMILES string of the molecule is COc1cc(C)c(S(=O)(=O)NCC2CC(=O)N(c3ccccc3)C2)cc1C. The van der Waals surface area contributed by atoms with Gasteiger partial charge < -0.3 is 9.64 Å². The minimum absolute atomic E-state index is 0.0156.